The maximum absolute atomic E-state index is 13.2. The summed E-state index contributed by atoms with van der Waals surface area (Å²) in [7, 11) is 1.65. The number of nitrogens with zero attached hydrogens (tertiary/aromatic N) is 1. The minimum atomic E-state index is -4.36. The van der Waals surface area contributed by atoms with Gasteiger partial charge in [-0.2, -0.15) is 13.2 Å². The Bertz CT molecular complexity index is 1030. The number of anilines is 2. The number of aryl methyl sites for hydroxylation is 1. The first-order valence-electron chi connectivity index (χ1n) is 13.0. The topological polar surface area (TPSA) is 62.8 Å². The zero-order valence-electron chi connectivity index (χ0n) is 21.4. The molecule has 2 aromatic carbocycles. The van der Waals surface area contributed by atoms with Crippen molar-refractivity contribution in [3.05, 3.63) is 53.6 Å². The van der Waals surface area contributed by atoms with Crippen molar-refractivity contribution in [3.63, 3.8) is 0 Å². The van der Waals surface area contributed by atoms with Gasteiger partial charge in [-0.3, -0.25) is 4.79 Å². The van der Waals surface area contributed by atoms with Gasteiger partial charge in [-0.15, -0.1) is 0 Å². The average Bonchev–Trinajstić information content (AvgIpc) is 2.89. The van der Waals surface area contributed by atoms with E-state index < -0.39 is 11.7 Å². The SMILES string of the molecule is COc1ccc(NC2CCN(C(=O)COC3CCC(Nc4ccc(C)c(C(F)(F)F)c4)CC3)CC2)cc1. The number of alkyl halides is 3. The fourth-order valence-corrected chi connectivity index (χ4v) is 5.10. The van der Waals surface area contributed by atoms with Crippen LogP contribution in [0, 0.1) is 6.92 Å². The summed E-state index contributed by atoms with van der Waals surface area (Å²) in [4.78, 5) is 14.6. The van der Waals surface area contributed by atoms with E-state index >= 15 is 0 Å². The molecule has 0 spiro atoms. The van der Waals surface area contributed by atoms with Crippen molar-refractivity contribution in [2.45, 2.75) is 69.8 Å². The molecular formula is C28H36F3N3O3. The second-order valence-electron chi connectivity index (χ2n) is 9.98. The Labute approximate surface area is 216 Å². The molecule has 2 fully saturated rings. The smallest absolute Gasteiger partial charge is 0.416 e. The molecule has 9 heteroatoms. The number of piperidine rings is 1. The highest BCUT2D eigenvalue weighted by molar-refractivity contribution is 5.77. The molecule has 1 saturated carbocycles. The average molecular weight is 520 g/mol. The number of halogens is 3. The maximum atomic E-state index is 13.2. The van der Waals surface area contributed by atoms with Crippen LogP contribution in [0.3, 0.4) is 0 Å². The van der Waals surface area contributed by atoms with E-state index in [2.05, 4.69) is 10.6 Å². The minimum absolute atomic E-state index is 0.0000293. The Kier molecular flexibility index (Phi) is 8.84. The normalized spacial score (nSPS) is 20.9. The molecule has 1 aliphatic carbocycles. The zero-order chi connectivity index (χ0) is 26.4. The van der Waals surface area contributed by atoms with E-state index in [4.69, 9.17) is 9.47 Å². The number of carbonyl (C=O) groups is 1. The van der Waals surface area contributed by atoms with E-state index in [0.29, 0.717) is 24.8 Å². The molecule has 2 aromatic rings. The van der Waals surface area contributed by atoms with E-state index in [1.54, 1.807) is 13.2 Å². The van der Waals surface area contributed by atoms with Crippen molar-refractivity contribution in [3.8, 4) is 5.75 Å². The molecule has 0 unspecified atom stereocenters. The molecule has 0 bridgehead atoms. The molecule has 0 aromatic heterocycles. The number of methoxy groups -OCH3 is 1. The Morgan fingerprint density at radius 3 is 2.14 bits per heavy atom. The summed E-state index contributed by atoms with van der Waals surface area (Å²) < 4.78 is 50.7. The number of hydrogen-bond donors (Lipinski definition) is 2. The summed E-state index contributed by atoms with van der Waals surface area (Å²) in [5.41, 5.74) is 1.15. The Morgan fingerprint density at radius 2 is 1.51 bits per heavy atom. The number of hydrogen-bond acceptors (Lipinski definition) is 5. The predicted octanol–water partition coefficient (Wildman–Crippen LogP) is 5.87. The van der Waals surface area contributed by atoms with Gasteiger partial charge in [0, 0.05) is 36.5 Å². The van der Waals surface area contributed by atoms with Crippen LogP contribution in [0.5, 0.6) is 5.75 Å². The lowest BCUT2D eigenvalue weighted by molar-refractivity contribution is -0.140. The van der Waals surface area contributed by atoms with Gasteiger partial charge in [0.15, 0.2) is 0 Å². The van der Waals surface area contributed by atoms with Gasteiger partial charge in [-0.05, 0) is 87.4 Å². The molecule has 202 valence electrons. The van der Waals surface area contributed by atoms with E-state index in [-0.39, 0.29) is 30.2 Å². The quantitative estimate of drug-likeness (QED) is 0.457. The van der Waals surface area contributed by atoms with Crippen molar-refractivity contribution in [1.29, 1.82) is 0 Å². The molecule has 37 heavy (non-hydrogen) atoms. The van der Waals surface area contributed by atoms with Gasteiger partial charge in [0.2, 0.25) is 5.91 Å². The maximum Gasteiger partial charge on any atom is 0.416 e. The van der Waals surface area contributed by atoms with Crippen molar-refractivity contribution < 1.29 is 27.4 Å². The standard InChI is InChI=1S/C28H36F3N3O3/c1-19-3-4-23(17-26(19)28(29,30)31)33-21-7-11-25(12-8-21)37-18-27(35)34-15-13-22(14-16-34)32-20-5-9-24(36-2)10-6-20/h3-6,9-10,17,21-22,25,32-33H,7-8,11-16,18H2,1-2H3. The van der Waals surface area contributed by atoms with Crippen molar-refractivity contribution >= 4 is 17.3 Å². The van der Waals surface area contributed by atoms with Gasteiger partial charge in [-0.1, -0.05) is 6.07 Å². The minimum Gasteiger partial charge on any atom is -0.497 e. The van der Waals surface area contributed by atoms with Crippen LogP contribution >= 0.6 is 0 Å². The largest absolute Gasteiger partial charge is 0.497 e. The van der Waals surface area contributed by atoms with E-state index in [0.717, 1.165) is 50.0 Å². The molecule has 1 heterocycles. The van der Waals surface area contributed by atoms with Gasteiger partial charge >= 0.3 is 6.18 Å². The first kappa shape index (κ1) is 27.1. The number of ether oxygens (including phenoxy) is 2. The van der Waals surface area contributed by atoms with Gasteiger partial charge in [0.25, 0.3) is 0 Å². The number of amides is 1. The van der Waals surface area contributed by atoms with Gasteiger partial charge in [0.05, 0.1) is 18.8 Å². The van der Waals surface area contributed by atoms with E-state index in [1.807, 2.05) is 29.2 Å². The first-order chi connectivity index (χ1) is 17.7. The summed E-state index contributed by atoms with van der Waals surface area (Å²) >= 11 is 0. The second-order valence-corrected chi connectivity index (χ2v) is 9.98. The Morgan fingerprint density at radius 1 is 0.919 bits per heavy atom. The zero-order valence-corrected chi connectivity index (χ0v) is 21.4. The number of likely N-dealkylation sites (tertiary alicyclic amines) is 1. The lowest BCUT2D eigenvalue weighted by Crippen LogP contribution is -2.44. The molecule has 0 atom stereocenters. The van der Waals surface area contributed by atoms with Crippen LogP contribution < -0.4 is 15.4 Å². The summed E-state index contributed by atoms with van der Waals surface area (Å²) in [6, 6.07) is 12.6. The number of benzene rings is 2. The molecular weight excluding hydrogens is 483 g/mol. The first-order valence-corrected chi connectivity index (χ1v) is 13.0. The third-order valence-corrected chi connectivity index (χ3v) is 7.34. The fourth-order valence-electron chi connectivity index (χ4n) is 5.10. The second kappa shape index (κ2) is 12.1. The van der Waals surface area contributed by atoms with Gasteiger partial charge < -0.3 is 25.0 Å². The summed E-state index contributed by atoms with van der Waals surface area (Å²) in [6.45, 7) is 2.94. The molecule has 2 aliphatic rings. The molecule has 1 aliphatic heterocycles. The third-order valence-electron chi connectivity index (χ3n) is 7.34. The van der Waals surface area contributed by atoms with Crippen LogP contribution in [0.1, 0.15) is 49.7 Å². The highest BCUT2D eigenvalue weighted by atomic mass is 19.4. The van der Waals surface area contributed by atoms with E-state index in [9.17, 15) is 18.0 Å². The van der Waals surface area contributed by atoms with Crippen LogP contribution in [-0.2, 0) is 15.7 Å². The molecule has 1 saturated heterocycles. The lowest BCUT2D eigenvalue weighted by atomic mass is 9.92. The highest BCUT2D eigenvalue weighted by Gasteiger charge is 2.33. The van der Waals surface area contributed by atoms with Crippen LogP contribution in [0.15, 0.2) is 42.5 Å². The van der Waals surface area contributed by atoms with Crippen molar-refractivity contribution in [2.75, 3.05) is 37.4 Å². The molecule has 4 rings (SSSR count). The molecule has 0 radical (unpaired) electrons. The van der Waals surface area contributed by atoms with Gasteiger partial charge in [-0.25, -0.2) is 0 Å². The van der Waals surface area contributed by atoms with Crippen LogP contribution in [0.2, 0.25) is 0 Å². The summed E-state index contributed by atoms with van der Waals surface area (Å²) in [5, 5.41) is 6.77. The summed E-state index contributed by atoms with van der Waals surface area (Å²) in [6.07, 6.45) is 0.524. The van der Waals surface area contributed by atoms with Crippen LogP contribution in [-0.4, -0.2) is 55.8 Å². The van der Waals surface area contributed by atoms with Crippen LogP contribution in [0.4, 0.5) is 24.5 Å². The van der Waals surface area contributed by atoms with Crippen molar-refractivity contribution in [2.24, 2.45) is 0 Å². The van der Waals surface area contributed by atoms with E-state index in [1.165, 1.54) is 19.1 Å². The third kappa shape index (κ3) is 7.53. The lowest BCUT2D eigenvalue weighted by Gasteiger charge is -2.34. The fraction of sp³-hybridized carbons (Fsp3) is 0.536. The van der Waals surface area contributed by atoms with Crippen LogP contribution in [0.25, 0.3) is 0 Å². The molecule has 6 nitrogen and oxygen atoms in total. The summed E-state index contributed by atoms with van der Waals surface area (Å²) in [5.74, 6) is 0.837. The number of rotatable bonds is 8. The van der Waals surface area contributed by atoms with Gasteiger partial charge in [0.1, 0.15) is 12.4 Å². The highest BCUT2D eigenvalue weighted by Crippen LogP contribution is 2.34. The Balaban J connectivity index is 1.15. The number of nitrogens with one attached hydrogen (secondary N) is 2. The Hall–Kier alpha value is -2.94. The predicted molar refractivity (Wildman–Crippen MR) is 138 cm³/mol. The number of carbonyl (C=O) groups excluding carboxylic acids is 1. The van der Waals surface area contributed by atoms with Crippen molar-refractivity contribution in [1.82, 2.24) is 4.90 Å². The monoisotopic (exact) mass is 519 g/mol. The molecule has 2 N–H and O–H groups in total. The molecule has 1 amide bonds.